The SMILES string of the molecule is CC1CCC(C(C)C)C(N)(Cc2cccnc2)C1. The van der Waals surface area contributed by atoms with Gasteiger partial charge in [0.1, 0.15) is 0 Å². The van der Waals surface area contributed by atoms with Crippen LogP contribution in [-0.4, -0.2) is 10.5 Å². The summed E-state index contributed by atoms with van der Waals surface area (Å²) < 4.78 is 0. The first-order chi connectivity index (χ1) is 8.51. The van der Waals surface area contributed by atoms with E-state index in [1.165, 1.54) is 18.4 Å². The van der Waals surface area contributed by atoms with E-state index in [0.29, 0.717) is 11.8 Å². The molecule has 0 aromatic carbocycles. The van der Waals surface area contributed by atoms with E-state index in [1.54, 1.807) is 0 Å². The first-order valence-corrected chi connectivity index (χ1v) is 7.19. The van der Waals surface area contributed by atoms with Crippen LogP contribution in [0.5, 0.6) is 0 Å². The molecule has 2 nitrogen and oxygen atoms in total. The monoisotopic (exact) mass is 246 g/mol. The van der Waals surface area contributed by atoms with E-state index in [-0.39, 0.29) is 5.54 Å². The quantitative estimate of drug-likeness (QED) is 0.887. The van der Waals surface area contributed by atoms with Crippen LogP contribution >= 0.6 is 0 Å². The molecule has 0 radical (unpaired) electrons. The van der Waals surface area contributed by atoms with Crippen LogP contribution in [0.2, 0.25) is 0 Å². The second-order valence-corrected chi connectivity index (χ2v) is 6.51. The summed E-state index contributed by atoms with van der Waals surface area (Å²) in [5.74, 6) is 2.05. The molecule has 1 aliphatic rings. The molecule has 18 heavy (non-hydrogen) atoms. The van der Waals surface area contributed by atoms with Gasteiger partial charge < -0.3 is 5.73 Å². The number of rotatable bonds is 3. The molecule has 0 spiro atoms. The van der Waals surface area contributed by atoms with Crippen LogP contribution in [-0.2, 0) is 6.42 Å². The van der Waals surface area contributed by atoms with Crippen LogP contribution < -0.4 is 5.73 Å². The van der Waals surface area contributed by atoms with E-state index in [9.17, 15) is 0 Å². The van der Waals surface area contributed by atoms with E-state index >= 15 is 0 Å². The van der Waals surface area contributed by atoms with Crippen molar-refractivity contribution in [3.8, 4) is 0 Å². The predicted octanol–water partition coefficient (Wildman–Crippen LogP) is 3.41. The summed E-state index contributed by atoms with van der Waals surface area (Å²) in [6.07, 6.45) is 8.50. The molecule has 3 atom stereocenters. The summed E-state index contributed by atoms with van der Waals surface area (Å²) in [7, 11) is 0. The van der Waals surface area contributed by atoms with Crippen molar-refractivity contribution in [1.82, 2.24) is 4.98 Å². The van der Waals surface area contributed by atoms with Crippen molar-refractivity contribution in [3.05, 3.63) is 30.1 Å². The van der Waals surface area contributed by atoms with Crippen molar-refractivity contribution in [2.45, 2.75) is 52.0 Å². The van der Waals surface area contributed by atoms with Crippen LogP contribution in [0, 0.1) is 17.8 Å². The molecule has 1 saturated carbocycles. The Balaban J connectivity index is 2.19. The fraction of sp³-hybridized carbons (Fsp3) is 0.688. The molecular formula is C16H26N2. The van der Waals surface area contributed by atoms with Gasteiger partial charge in [-0.3, -0.25) is 4.98 Å². The predicted molar refractivity (Wildman–Crippen MR) is 76.2 cm³/mol. The Bertz CT molecular complexity index is 374. The van der Waals surface area contributed by atoms with Crippen LogP contribution in [0.15, 0.2) is 24.5 Å². The molecule has 0 aliphatic heterocycles. The summed E-state index contributed by atoms with van der Waals surface area (Å²) in [5.41, 5.74) is 8.03. The highest BCUT2D eigenvalue weighted by Crippen LogP contribution is 2.41. The third kappa shape index (κ3) is 2.92. The lowest BCUT2D eigenvalue weighted by molar-refractivity contribution is 0.109. The Labute approximate surface area is 111 Å². The number of nitrogens with zero attached hydrogens (tertiary/aromatic N) is 1. The lowest BCUT2D eigenvalue weighted by Crippen LogP contribution is -2.54. The summed E-state index contributed by atoms with van der Waals surface area (Å²) in [4.78, 5) is 4.21. The Hall–Kier alpha value is -0.890. The number of pyridine rings is 1. The van der Waals surface area contributed by atoms with Gasteiger partial charge in [-0.05, 0) is 48.6 Å². The van der Waals surface area contributed by atoms with Gasteiger partial charge >= 0.3 is 0 Å². The zero-order chi connectivity index (χ0) is 13.2. The van der Waals surface area contributed by atoms with E-state index < -0.39 is 0 Å². The highest BCUT2D eigenvalue weighted by Gasteiger charge is 2.41. The van der Waals surface area contributed by atoms with Crippen LogP contribution in [0.4, 0.5) is 0 Å². The van der Waals surface area contributed by atoms with Crippen molar-refractivity contribution in [3.63, 3.8) is 0 Å². The van der Waals surface area contributed by atoms with E-state index in [1.807, 2.05) is 18.5 Å². The second kappa shape index (κ2) is 5.40. The largest absolute Gasteiger partial charge is 0.325 e. The zero-order valence-electron chi connectivity index (χ0n) is 11.9. The number of hydrogen-bond acceptors (Lipinski definition) is 2. The summed E-state index contributed by atoms with van der Waals surface area (Å²) in [5, 5.41) is 0. The average Bonchev–Trinajstić information content (AvgIpc) is 2.28. The maximum absolute atomic E-state index is 6.80. The van der Waals surface area contributed by atoms with Crippen molar-refractivity contribution in [2.75, 3.05) is 0 Å². The smallest absolute Gasteiger partial charge is 0.0300 e. The number of nitrogens with two attached hydrogens (primary N) is 1. The molecule has 0 amide bonds. The fourth-order valence-corrected chi connectivity index (χ4v) is 3.74. The molecular weight excluding hydrogens is 220 g/mol. The van der Waals surface area contributed by atoms with Crippen LogP contribution in [0.1, 0.15) is 45.6 Å². The topological polar surface area (TPSA) is 38.9 Å². The zero-order valence-corrected chi connectivity index (χ0v) is 11.9. The Morgan fingerprint density at radius 1 is 1.44 bits per heavy atom. The fourth-order valence-electron chi connectivity index (χ4n) is 3.74. The highest BCUT2D eigenvalue weighted by molar-refractivity contribution is 5.15. The van der Waals surface area contributed by atoms with Gasteiger partial charge in [0.15, 0.2) is 0 Å². The van der Waals surface area contributed by atoms with E-state index in [2.05, 4.69) is 31.8 Å². The molecule has 0 saturated heterocycles. The first-order valence-electron chi connectivity index (χ1n) is 7.19. The molecule has 1 aliphatic carbocycles. The molecule has 1 heterocycles. The van der Waals surface area contributed by atoms with Gasteiger partial charge in [0.2, 0.25) is 0 Å². The third-order valence-corrected chi connectivity index (χ3v) is 4.50. The molecule has 1 aromatic heterocycles. The molecule has 1 aromatic rings. The minimum Gasteiger partial charge on any atom is -0.325 e. The average molecular weight is 246 g/mol. The normalized spacial score (nSPS) is 32.7. The lowest BCUT2D eigenvalue weighted by atomic mass is 9.63. The number of hydrogen-bond donors (Lipinski definition) is 1. The molecule has 2 N–H and O–H groups in total. The maximum atomic E-state index is 6.80. The minimum atomic E-state index is -0.0468. The van der Waals surface area contributed by atoms with Gasteiger partial charge in [-0.2, -0.15) is 0 Å². The van der Waals surface area contributed by atoms with Crippen LogP contribution in [0.3, 0.4) is 0 Å². The summed E-state index contributed by atoms with van der Waals surface area (Å²) in [6.45, 7) is 6.96. The van der Waals surface area contributed by atoms with Crippen molar-refractivity contribution < 1.29 is 0 Å². The molecule has 1 fully saturated rings. The molecule has 2 heteroatoms. The van der Waals surface area contributed by atoms with Gasteiger partial charge in [-0.15, -0.1) is 0 Å². The molecule has 3 unspecified atom stereocenters. The second-order valence-electron chi connectivity index (χ2n) is 6.51. The Morgan fingerprint density at radius 2 is 2.22 bits per heavy atom. The minimum absolute atomic E-state index is 0.0468. The van der Waals surface area contributed by atoms with Crippen LogP contribution in [0.25, 0.3) is 0 Å². The van der Waals surface area contributed by atoms with Gasteiger partial charge in [0.05, 0.1) is 0 Å². The van der Waals surface area contributed by atoms with E-state index in [4.69, 9.17) is 5.73 Å². The third-order valence-electron chi connectivity index (χ3n) is 4.50. The first kappa shape index (κ1) is 13.5. The Kier molecular flexibility index (Phi) is 4.06. The standard InChI is InChI=1S/C16H26N2/c1-12(2)15-7-6-13(3)9-16(15,17)10-14-5-4-8-18-11-14/h4-5,8,11-13,15H,6-7,9-10,17H2,1-3H3. The highest BCUT2D eigenvalue weighted by atomic mass is 14.8. The van der Waals surface area contributed by atoms with Gasteiger partial charge in [-0.1, -0.05) is 33.3 Å². The lowest BCUT2D eigenvalue weighted by Gasteiger charge is -2.46. The Morgan fingerprint density at radius 3 is 2.83 bits per heavy atom. The summed E-state index contributed by atoms with van der Waals surface area (Å²) in [6, 6.07) is 4.16. The van der Waals surface area contributed by atoms with Crippen molar-refractivity contribution >= 4 is 0 Å². The van der Waals surface area contributed by atoms with Gasteiger partial charge in [0, 0.05) is 17.9 Å². The number of aromatic nitrogens is 1. The summed E-state index contributed by atoms with van der Waals surface area (Å²) >= 11 is 0. The molecule has 100 valence electrons. The van der Waals surface area contributed by atoms with Crippen molar-refractivity contribution in [1.29, 1.82) is 0 Å². The maximum Gasteiger partial charge on any atom is 0.0300 e. The van der Waals surface area contributed by atoms with E-state index in [0.717, 1.165) is 18.8 Å². The van der Waals surface area contributed by atoms with Gasteiger partial charge in [0.25, 0.3) is 0 Å². The van der Waals surface area contributed by atoms with Crippen molar-refractivity contribution in [2.24, 2.45) is 23.5 Å². The molecule has 2 rings (SSSR count). The molecule has 0 bridgehead atoms. The van der Waals surface area contributed by atoms with Gasteiger partial charge in [-0.25, -0.2) is 0 Å².